The molecule has 2 fully saturated rings. The number of nitrogens with two attached hydrogens (primary N) is 1. The van der Waals surface area contributed by atoms with Crippen LogP contribution in [0.4, 0.5) is 26.4 Å². The molecule has 232 valence electrons. The Kier molecular flexibility index (Phi) is 9.40. The number of nitrogens with zero attached hydrogens (tertiary/aromatic N) is 5. The van der Waals surface area contributed by atoms with Crippen molar-refractivity contribution in [2.45, 2.75) is 19.3 Å². The molecule has 44 heavy (non-hydrogen) atoms. The van der Waals surface area contributed by atoms with Crippen LogP contribution in [0.2, 0.25) is 0 Å². The first-order chi connectivity index (χ1) is 21.2. The zero-order chi connectivity index (χ0) is 31.3. The Hall–Kier alpha value is -4.55. The van der Waals surface area contributed by atoms with Gasteiger partial charge in [-0.1, -0.05) is 18.2 Å². The second kappa shape index (κ2) is 13.4. The van der Waals surface area contributed by atoms with Gasteiger partial charge in [-0.25, -0.2) is 14.2 Å². The number of hydrogen-bond acceptors (Lipinski definition) is 7. The summed E-state index contributed by atoms with van der Waals surface area (Å²) in [6, 6.07) is 15.6. The van der Waals surface area contributed by atoms with E-state index in [-0.39, 0.29) is 17.5 Å². The number of carbonyl (C=O) groups is 3. The van der Waals surface area contributed by atoms with Crippen molar-refractivity contribution < 1.29 is 23.5 Å². The highest BCUT2D eigenvalue weighted by Crippen LogP contribution is 2.49. The molecular formula is C32H38FN7O4. The van der Waals surface area contributed by atoms with E-state index in [9.17, 15) is 14.4 Å². The fourth-order valence-corrected chi connectivity index (χ4v) is 5.19. The molecule has 12 heteroatoms. The number of aromatic nitrogens is 1. The third-order valence-electron chi connectivity index (χ3n) is 7.95. The van der Waals surface area contributed by atoms with Crippen molar-refractivity contribution in [3.63, 3.8) is 0 Å². The molecule has 0 radical (unpaired) electrons. The van der Waals surface area contributed by atoms with Crippen molar-refractivity contribution in [3.8, 4) is 11.5 Å². The van der Waals surface area contributed by atoms with Gasteiger partial charge >= 0.3 is 6.03 Å². The van der Waals surface area contributed by atoms with E-state index in [2.05, 4.69) is 20.1 Å². The molecule has 4 amide bonds. The summed E-state index contributed by atoms with van der Waals surface area (Å²) < 4.78 is 21.5. The van der Waals surface area contributed by atoms with Gasteiger partial charge in [-0.05, 0) is 70.2 Å². The number of para-hydroxylation sites is 1. The number of benzene rings is 2. The number of rotatable bonds is 10. The van der Waals surface area contributed by atoms with Crippen LogP contribution in [0.15, 0.2) is 66.9 Å². The van der Waals surface area contributed by atoms with Gasteiger partial charge in [0.1, 0.15) is 22.7 Å². The van der Waals surface area contributed by atoms with Gasteiger partial charge in [0.05, 0.1) is 5.69 Å². The number of amides is 4. The summed E-state index contributed by atoms with van der Waals surface area (Å²) in [5.74, 6) is -1.18. The van der Waals surface area contributed by atoms with E-state index in [1.807, 2.05) is 14.1 Å². The molecule has 1 aliphatic carbocycles. The van der Waals surface area contributed by atoms with Crippen LogP contribution in [-0.2, 0) is 9.59 Å². The van der Waals surface area contributed by atoms with Crippen molar-refractivity contribution in [2.75, 3.05) is 63.6 Å². The standard InChI is InChI=1S/C32H38FN7O4/c1-37(2)17-18-38-15-6-16-39(20-19-38)31(43)36-28-22-25(11-14-35-28)44-24-9-10-27(26(33)21-24)40(23-7-4-3-5-8-23)30(42)32(12-13-32)29(34)41/h3-5,7-11,14,21-22H,6,12-13,15-20H2,1-2H3,(H2,34,41)(H,35,36,43). The van der Waals surface area contributed by atoms with Crippen molar-refractivity contribution in [1.82, 2.24) is 19.7 Å². The lowest BCUT2D eigenvalue weighted by atomic mass is 10.0. The molecule has 0 atom stereocenters. The number of primary amides is 1. The molecule has 1 aromatic heterocycles. The molecule has 11 nitrogen and oxygen atoms in total. The van der Waals surface area contributed by atoms with Crippen molar-refractivity contribution in [2.24, 2.45) is 11.1 Å². The fourth-order valence-electron chi connectivity index (χ4n) is 5.19. The summed E-state index contributed by atoms with van der Waals surface area (Å²) >= 11 is 0. The molecule has 0 spiro atoms. The molecule has 1 saturated heterocycles. The zero-order valence-electron chi connectivity index (χ0n) is 25.0. The average Bonchev–Trinajstić information content (AvgIpc) is 3.84. The number of ether oxygens (including phenoxy) is 1. The fraction of sp³-hybridized carbons (Fsp3) is 0.375. The number of halogens is 1. The number of anilines is 3. The predicted molar refractivity (Wildman–Crippen MR) is 165 cm³/mol. The monoisotopic (exact) mass is 603 g/mol. The summed E-state index contributed by atoms with van der Waals surface area (Å²) in [4.78, 5) is 50.3. The van der Waals surface area contributed by atoms with Crippen LogP contribution in [0.5, 0.6) is 11.5 Å². The van der Waals surface area contributed by atoms with Crippen LogP contribution in [0, 0.1) is 11.2 Å². The van der Waals surface area contributed by atoms with Gasteiger partial charge in [-0.15, -0.1) is 0 Å². The van der Waals surface area contributed by atoms with Crippen LogP contribution in [-0.4, -0.2) is 90.9 Å². The highest BCUT2D eigenvalue weighted by atomic mass is 19.1. The molecule has 2 aliphatic rings. The molecular weight excluding hydrogens is 565 g/mol. The van der Waals surface area contributed by atoms with Crippen molar-refractivity contribution >= 4 is 35.0 Å². The third kappa shape index (κ3) is 7.14. The van der Waals surface area contributed by atoms with Gasteiger partial charge in [0.25, 0.3) is 0 Å². The largest absolute Gasteiger partial charge is 0.457 e. The molecule has 0 bridgehead atoms. The third-order valence-corrected chi connectivity index (χ3v) is 7.95. The van der Waals surface area contributed by atoms with E-state index >= 15 is 4.39 Å². The molecule has 3 aromatic rings. The van der Waals surface area contributed by atoms with E-state index in [1.165, 1.54) is 29.3 Å². The van der Waals surface area contributed by atoms with E-state index in [0.717, 1.165) is 32.6 Å². The van der Waals surface area contributed by atoms with Crippen LogP contribution in [0.25, 0.3) is 0 Å². The van der Waals surface area contributed by atoms with Gasteiger partial charge in [0.15, 0.2) is 5.82 Å². The minimum atomic E-state index is -1.34. The van der Waals surface area contributed by atoms with E-state index < -0.39 is 23.0 Å². The first kappa shape index (κ1) is 30.9. The molecule has 2 aromatic carbocycles. The minimum Gasteiger partial charge on any atom is -0.457 e. The Morgan fingerprint density at radius 2 is 1.75 bits per heavy atom. The Labute approximate surface area is 256 Å². The summed E-state index contributed by atoms with van der Waals surface area (Å²) in [7, 11) is 4.10. The number of carbonyl (C=O) groups excluding carboxylic acids is 3. The topological polar surface area (TPSA) is 124 Å². The Bertz CT molecular complexity index is 1500. The quantitative estimate of drug-likeness (QED) is 0.335. The number of nitrogens with one attached hydrogen (secondary N) is 1. The van der Waals surface area contributed by atoms with Crippen molar-refractivity contribution in [1.29, 1.82) is 0 Å². The number of likely N-dealkylation sites (N-methyl/N-ethyl adjacent to an activating group) is 1. The maximum atomic E-state index is 15.6. The SMILES string of the molecule is CN(C)CCN1CCCN(C(=O)Nc2cc(Oc3ccc(N(C(=O)C4(C(N)=O)CC4)c4ccccc4)c(F)c3)ccn2)CC1. The van der Waals surface area contributed by atoms with Crippen LogP contribution < -0.4 is 20.7 Å². The first-order valence-electron chi connectivity index (χ1n) is 14.7. The second-order valence-corrected chi connectivity index (χ2v) is 11.4. The van der Waals surface area contributed by atoms with Gasteiger partial charge in [0, 0.05) is 56.7 Å². The van der Waals surface area contributed by atoms with Crippen molar-refractivity contribution in [3.05, 3.63) is 72.7 Å². The Morgan fingerprint density at radius 3 is 2.43 bits per heavy atom. The van der Waals surface area contributed by atoms with E-state index in [4.69, 9.17) is 10.5 Å². The first-order valence-corrected chi connectivity index (χ1v) is 14.7. The predicted octanol–water partition coefficient (Wildman–Crippen LogP) is 4.04. The van der Waals surface area contributed by atoms with Gasteiger partial charge in [-0.3, -0.25) is 19.8 Å². The lowest BCUT2D eigenvalue weighted by Crippen LogP contribution is -2.41. The van der Waals surface area contributed by atoms with Gasteiger partial charge in [-0.2, -0.15) is 0 Å². The highest BCUT2D eigenvalue weighted by molar-refractivity contribution is 6.16. The summed E-state index contributed by atoms with van der Waals surface area (Å²) in [5.41, 5.74) is 4.60. The Balaban J connectivity index is 1.26. The van der Waals surface area contributed by atoms with Gasteiger partial charge in [0.2, 0.25) is 11.8 Å². The lowest BCUT2D eigenvalue weighted by molar-refractivity contribution is -0.133. The normalized spacial score (nSPS) is 16.2. The molecule has 5 rings (SSSR count). The number of hydrogen-bond donors (Lipinski definition) is 2. The highest BCUT2D eigenvalue weighted by Gasteiger charge is 2.57. The minimum absolute atomic E-state index is 0.0264. The van der Waals surface area contributed by atoms with E-state index in [0.29, 0.717) is 43.2 Å². The van der Waals surface area contributed by atoms with Crippen LogP contribution >= 0.6 is 0 Å². The van der Waals surface area contributed by atoms with Crippen LogP contribution in [0.1, 0.15) is 19.3 Å². The Morgan fingerprint density at radius 1 is 1.00 bits per heavy atom. The summed E-state index contributed by atoms with van der Waals surface area (Å²) in [6.07, 6.45) is 3.02. The molecule has 1 saturated carbocycles. The summed E-state index contributed by atoms with van der Waals surface area (Å²) in [5, 5.41) is 2.84. The van der Waals surface area contributed by atoms with Crippen LogP contribution in [0.3, 0.4) is 0 Å². The summed E-state index contributed by atoms with van der Waals surface area (Å²) in [6.45, 7) is 4.93. The number of urea groups is 1. The second-order valence-electron chi connectivity index (χ2n) is 11.4. The van der Waals surface area contributed by atoms with E-state index in [1.54, 1.807) is 47.4 Å². The molecule has 2 heterocycles. The zero-order valence-corrected chi connectivity index (χ0v) is 25.0. The lowest BCUT2D eigenvalue weighted by Gasteiger charge is -2.27. The smallest absolute Gasteiger partial charge is 0.323 e. The molecule has 1 aliphatic heterocycles. The molecule has 3 N–H and O–H groups in total. The number of pyridine rings is 1. The molecule has 0 unspecified atom stereocenters. The van der Waals surface area contributed by atoms with Gasteiger partial charge < -0.3 is 25.2 Å². The maximum Gasteiger partial charge on any atom is 0.323 e. The maximum absolute atomic E-state index is 15.6. The average molecular weight is 604 g/mol.